The number of ether oxygens (including phenoxy) is 1. The van der Waals surface area contributed by atoms with Gasteiger partial charge < -0.3 is 9.64 Å². The van der Waals surface area contributed by atoms with Gasteiger partial charge in [-0.1, -0.05) is 18.2 Å². The molecular weight excluding hydrogens is 290 g/mol. The van der Waals surface area contributed by atoms with Crippen LogP contribution in [-0.2, 0) is 14.6 Å². The highest BCUT2D eigenvalue weighted by Gasteiger charge is 2.25. The van der Waals surface area contributed by atoms with Crippen LogP contribution in [0.2, 0.25) is 0 Å². The van der Waals surface area contributed by atoms with Crippen molar-refractivity contribution in [2.45, 2.75) is 12.8 Å². The summed E-state index contributed by atoms with van der Waals surface area (Å²) in [6, 6.07) is 9.23. The van der Waals surface area contributed by atoms with E-state index in [0.29, 0.717) is 18.8 Å². The van der Waals surface area contributed by atoms with E-state index in [1.54, 1.807) is 4.90 Å². The maximum Gasteiger partial charge on any atom is 0.260 e. The van der Waals surface area contributed by atoms with Crippen LogP contribution in [-0.4, -0.2) is 50.9 Å². The molecule has 21 heavy (non-hydrogen) atoms. The summed E-state index contributed by atoms with van der Waals surface area (Å²) in [5.74, 6) is 1.02. The smallest absolute Gasteiger partial charge is 0.260 e. The molecule has 1 saturated heterocycles. The quantitative estimate of drug-likeness (QED) is 0.823. The minimum absolute atomic E-state index is 0.0285. The molecule has 1 fully saturated rings. The lowest BCUT2D eigenvalue weighted by molar-refractivity contribution is -0.134. The summed E-state index contributed by atoms with van der Waals surface area (Å²) in [5.41, 5.74) is 0. The van der Waals surface area contributed by atoms with Gasteiger partial charge in [-0.15, -0.1) is 0 Å². The van der Waals surface area contributed by atoms with E-state index in [2.05, 4.69) is 0 Å². The molecular formula is C15H21NO4S. The number of carbonyl (C=O) groups is 1. The van der Waals surface area contributed by atoms with Gasteiger partial charge in [0.1, 0.15) is 15.6 Å². The van der Waals surface area contributed by atoms with Crippen molar-refractivity contribution in [3.8, 4) is 5.75 Å². The number of hydrogen-bond donors (Lipinski definition) is 0. The van der Waals surface area contributed by atoms with Crippen molar-refractivity contribution in [1.82, 2.24) is 4.90 Å². The number of para-hydroxylation sites is 1. The third-order valence-electron chi connectivity index (χ3n) is 3.61. The van der Waals surface area contributed by atoms with Crippen molar-refractivity contribution in [2.75, 3.05) is 31.7 Å². The van der Waals surface area contributed by atoms with Crippen molar-refractivity contribution in [1.29, 1.82) is 0 Å². The Morgan fingerprint density at radius 2 is 1.86 bits per heavy atom. The van der Waals surface area contributed by atoms with Crippen LogP contribution in [0.3, 0.4) is 0 Å². The fraction of sp³-hybridized carbons (Fsp3) is 0.533. The van der Waals surface area contributed by atoms with Gasteiger partial charge in [-0.25, -0.2) is 8.42 Å². The second-order valence-corrected chi connectivity index (χ2v) is 7.70. The molecule has 0 unspecified atom stereocenters. The molecule has 0 saturated carbocycles. The van der Waals surface area contributed by atoms with E-state index in [0.717, 1.165) is 12.8 Å². The molecule has 1 heterocycles. The second-order valence-electron chi connectivity index (χ2n) is 5.52. The Labute approximate surface area is 125 Å². The number of likely N-dealkylation sites (tertiary alicyclic amines) is 1. The van der Waals surface area contributed by atoms with Crippen molar-refractivity contribution >= 4 is 15.7 Å². The summed E-state index contributed by atoms with van der Waals surface area (Å²) in [4.78, 5) is 13.8. The van der Waals surface area contributed by atoms with Gasteiger partial charge in [0.25, 0.3) is 5.91 Å². The molecule has 0 radical (unpaired) electrons. The molecule has 1 aromatic carbocycles. The summed E-state index contributed by atoms with van der Waals surface area (Å²) in [5, 5.41) is 0. The molecule has 0 spiro atoms. The minimum Gasteiger partial charge on any atom is -0.484 e. The largest absolute Gasteiger partial charge is 0.484 e. The van der Waals surface area contributed by atoms with E-state index in [-0.39, 0.29) is 24.2 Å². The van der Waals surface area contributed by atoms with E-state index in [1.807, 2.05) is 30.3 Å². The van der Waals surface area contributed by atoms with Crippen LogP contribution >= 0.6 is 0 Å². The first-order valence-electron chi connectivity index (χ1n) is 7.07. The average Bonchev–Trinajstić information content (AvgIpc) is 2.45. The zero-order chi connectivity index (χ0) is 15.3. The molecule has 0 atom stereocenters. The molecule has 1 amide bonds. The van der Waals surface area contributed by atoms with Crippen LogP contribution < -0.4 is 4.74 Å². The number of benzene rings is 1. The molecule has 0 aliphatic carbocycles. The Kier molecular flexibility index (Phi) is 5.22. The van der Waals surface area contributed by atoms with E-state index in [9.17, 15) is 13.2 Å². The Hall–Kier alpha value is -1.56. The fourth-order valence-electron chi connectivity index (χ4n) is 2.53. The second kappa shape index (κ2) is 6.93. The highest BCUT2D eigenvalue weighted by Crippen LogP contribution is 2.19. The molecule has 0 aromatic heterocycles. The number of rotatable bonds is 5. The van der Waals surface area contributed by atoms with Crippen LogP contribution in [0.5, 0.6) is 5.75 Å². The molecule has 0 N–H and O–H groups in total. The average molecular weight is 311 g/mol. The number of piperidine rings is 1. The van der Waals surface area contributed by atoms with E-state index >= 15 is 0 Å². The zero-order valence-electron chi connectivity index (χ0n) is 12.2. The molecule has 6 heteroatoms. The van der Waals surface area contributed by atoms with Gasteiger partial charge in [0.2, 0.25) is 0 Å². The Bertz CT molecular complexity index is 563. The van der Waals surface area contributed by atoms with Gasteiger partial charge >= 0.3 is 0 Å². The van der Waals surface area contributed by atoms with E-state index in [1.165, 1.54) is 6.26 Å². The monoisotopic (exact) mass is 311 g/mol. The van der Waals surface area contributed by atoms with Crippen LogP contribution in [0.25, 0.3) is 0 Å². The maximum absolute atomic E-state index is 12.0. The topological polar surface area (TPSA) is 63.7 Å². The van der Waals surface area contributed by atoms with Crippen molar-refractivity contribution in [3.05, 3.63) is 30.3 Å². The number of hydrogen-bond acceptors (Lipinski definition) is 4. The normalized spacial score (nSPS) is 16.7. The Morgan fingerprint density at radius 3 is 2.43 bits per heavy atom. The van der Waals surface area contributed by atoms with Crippen molar-refractivity contribution < 1.29 is 17.9 Å². The lowest BCUT2D eigenvalue weighted by atomic mass is 9.99. The van der Waals surface area contributed by atoms with Crippen LogP contribution in [0.15, 0.2) is 30.3 Å². The van der Waals surface area contributed by atoms with E-state index in [4.69, 9.17) is 4.74 Å². The van der Waals surface area contributed by atoms with Gasteiger partial charge in [-0.2, -0.15) is 0 Å². The SMILES string of the molecule is CS(=O)(=O)CC1CCN(C(=O)COc2ccccc2)CC1. The lowest BCUT2D eigenvalue weighted by Crippen LogP contribution is -2.42. The fourth-order valence-corrected chi connectivity index (χ4v) is 3.72. The Balaban J connectivity index is 1.75. The van der Waals surface area contributed by atoms with Gasteiger partial charge in [-0.05, 0) is 30.9 Å². The summed E-state index contributed by atoms with van der Waals surface area (Å²) >= 11 is 0. The molecule has 116 valence electrons. The predicted octanol–water partition coefficient (Wildman–Crippen LogP) is 1.35. The predicted molar refractivity (Wildman–Crippen MR) is 81.0 cm³/mol. The highest BCUT2D eigenvalue weighted by molar-refractivity contribution is 7.90. The Morgan fingerprint density at radius 1 is 1.24 bits per heavy atom. The lowest BCUT2D eigenvalue weighted by Gasteiger charge is -2.31. The first kappa shape index (κ1) is 15.8. The van der Waals surface area contributed by atoms with Crippen molar-refractivity contribution in [2.24, 2.45) is 5.92 Å². The molecule has 2 rings (SSSR count). The van der Waals surface area contributed by atoms with Gasteiger partial charge in [0.15, 0.2) is 6.61 Å². The van der Waals surface area contributed by atoms with Crippen LogP contribution in [0, 0.1) is 5.92 Å². The third kappa shape index (κ3) is 5.38. The maximum atomic E-state index is 12.0. The summed E-state index contributed by atoms with van der Waals surface area (Å²) in [7, 11) is -2.94. The first-order valence-corrected chi connectivity index (χ1v) is 9.13. The number of amides is 1. The zero-order valence-corrected chi connectivity index (χ0v) is 13.0. The molecule has 1 aliphatic rings. The summed E-state index contributed by atoms with van der Waals surface area (Å²) in [6.45, 7) is 1.25. The minimum atomic E-state index is -2.94. The van der Waals surface area contributed by atoms with E-state index < -0.39 is 9.84 Å². The van der Waals surface area contributed by atoms with Crippen LogP contribution in [0.4, 0.5) is 0 Å². The number of sulfone groups is 1. The van der Waals surface area contributed by atoms with Gasteiger partial charge in [0.05, 0.1) is 5.75 Å². The van der Waals surface area contributed by atoms with Crippen molar-refractivity contribution in [3.63, 3.8) is 0 Å². The number of carbonyl (C=O) groups excluding carboxylic acids is 1. The standard InChI is InChI=1S/C15H21NO4S/c1-21(18,19)12-13-7-9-16(10-8-13)15(17)11-20-14-5-3-2-4-6-14/h2-6,13H,7-12H2,1H3. The summed E-state index contributed by atoms with van der Waals surface area (Å²) in [6.07, 6.45) is 2.74. The molecule has 5 nitrogen and oxygen atoms in total. The number of nitrogens with zero attached hydrogens (tertiary/aromatic N) is 1. The molecule has 1 aliphatic heterocycles. The molecule has 0 bridgehead atoms. The van der Waals surface area contributed by atoms with Gasteiger partial charge in [-0.3, -0.25) is 4.79 Å². The summed E-state index contributed by atoms with van der Waals surface area (Å²) < 4.78 is 28.0. The van der Waals surface area contributed by atoms with Crippen LogP contribution in [0.1, 0.15) is 12.8 Å². The molecule has 1 aromatic rings. The third-order valence-corrected chi connectivity index (χ3v) is 4.69. The highest BCUT2D eigenvalue weighted by atomic mass is 32.2. The first-order chi connectivity index (χ1) is 9.94. The van der Waals surface area contributed by atoms with Gasteiger partial charge in [0, 0.05) is 19.3 Å².